The van der Waals surface area contributed by atoms with Crippen LogP contribution < -0.4 is 10.9 Å². The van der Waals surface area contributed by atoms with Crippen molar-refractivity contribution in [3.63, 3.8) is 0 Å². The molecule has 0 unspecified atom stereocenters. The number of aromatic amines is 1. The van der Waals surface area contributed by atoms with E-state index in [4.69, 9.17) is 4.74 Å². The molecule has 17 heavy (non-hydrogen) atoms. The minimum atomic E-state index is -0.540. The minimum Gasteiger partial charge on any atom is -0.444 e. The SMILES string of the molecule is Cc1nc(CNC(=O)OC(C)(C)C)cc(=O)[nH]1. The van der Waals surface area contributed by atoms with Gasteiger partial charge in [0.25, 0.3) is 5.56 Å². The Morgan fingerprint density at radius 1 is 1.53 bits per heavy atom. The van der Waals surface area contributed by atoms with Gasteiger partial charge in [0.15, 0.2) is 0 Å². The molecule has 0 aliphatic rings. The molecule has 2 N–H and O–H groups in total. The van der Waals surface area contributed by atoms with E-state index in [0.717, 1.165) is 0 Å². The molecule has 0 radical (unpaired) electrons. The molecule has 1 aromatic heterocycles. The van der Waals surface area contributed by atoms with Gasteiger partial charge in [0.1, 0.15) is 11.4 Å². The average molecular weight is 239 g/mol. The number of aryl methyl sites for hydroxylation is 1. The predicted octanol–water partition coefficient (Wildman–Crippen LogP) is 1.10. The number of hydrogen-bond acceptors (Lipinski definition) is 4. The molecular formula is C11H17N3O3. The number of rotatable bonds is 2. The molecule has 1 rings (SSSR count). The maximum Gasteiger partial charge on any atom is 0.407 e. The summed E-state index contributed by atoms with van der Waals surface area (Å²) in [4.78, 5) is 29.1. The second kappa shape index (κ2) is 4.99. The molecule has 1 aromatic rings. The molecule has 0 aliphatic carbocycles. The van der Waals surface area contributed by atoms with Gasteiger partial charge in [-0.1, -0.05) is 0 Å². The largest absolute Gasteiger partial charge is 0.444 e. The quantitative estimate of drug-likeness (QED) is 0.809. The first-order valence-electron chi connectivity index (χ1n) is 5.30. The van der Waals surface area contributed by atoms with Gasteiger partial charge in [-0.25, -0.2) is 9.78 Å². The molecule has 6 nitrogen and oxygen atoms in total. The lowest BCUT2D eigenvalue weighted by molar-refractivity contribution is 0.0523. The maximum atomic E-state index is 11.4. The summed E-state index contributed by atoms with van der Waals surface area (Å²) in [5.41, 5.74) is -0.280. The Bertz CT molecular complexity index is 460. The molecule has 6 heteroatoms. The van der Waals surface area contributed by atoms with E-state index in [1.54, 1.807) is 27.7 Å². The van der Waals surface area contributed by atoms with Crippen LogP contribution >= 0.6 is 0 Å². The lowest BCUT2D eigenvalue weighted by Gasteiger charge is -2.19. The van der Waals surface area contributed by atoms with Crippen LogP contribution in [-0.2, 0) is 11.3 Å². The van der Waals surface area contributed by atoms with Gasteiger partial charge in [0.05, 0.1) is 12.2 Å². The Morgan fingerprint density at radius 2 is 2.18 bits per heavy atom. The Kier molecular flexibility index (Phi) is 3.88. The van der Waals surface area contributed by atoms with E-state index in [2.05, 4.69) is 15.3 Å². The molecule has 94 valence electrons. The van der Waals surface area contributed by atoms with Crippen molar-refractivity contribution < 1.29 is 9.53 Å². The van der Waals surface area contributed by atoms with Gasteiger partial charge in [-0.3, -0.25) is 4.79 Å². The molecule has 0 aliphatic heterocycles. The Labute approximate surface area is 99.4 Å². The fraction of sp³-hybridized carbons (Fsp3) is 0.545. The van der Waals surface area contributed by atoms with Crippen molar-refractivity contribution >= 4 is 6.09 Å². The third-order valence-electron chi connectivity index (χ3n) is 1.73. The highest BCUT2D eigenvalue weighted by atomic mass is 16.6. The number of carbonyl (C=O) groups excluding carboxylic acids is 1. The highest BCUT2D eigenvalue weighted by molar-refractivity contribution is 5.67. The van der Waals surface area contributed by atoms with Crippen molar-refractivity contribution in [1.29, 1.82) is 0 Å². The van der Waals surface area contributed by atoms with Crippen molar-refractivity contribution in [3.8, 4) is 0 Å². The molecule has 0 saturated heterocycles. The predicted molar refractivity (Wildman–Crippen MR) is 62.7 cm³/mol. The van der Waals surface area contributed by atoms with Crippen LogP contribution in [0.2, 0.25) is 0 Å². The smallest absolute Gasteiger partial charge is 0.407 e. The number of ether oxygens (including phenoxy) is 1. The van der Waals surface area contributed by atoms with Crippen LogP contribution in [0.4, 0.5) is 4.79 Å². The molecule has 1 heterocycles. The first kappa shape index (κ1) is 13.2. The molecule has 0 spiro atoms. The van der Waals surface area contributed by atoms with Crippen molar-refractivity contribution in [2.24, 2.45) is 0 Å². The van der Waals surface area contributed by atoms with Gasteiger partial charge >= 0.3 is 6.09 Å². The summed E-state index contributed by atoms with van der Waals surface area (Å²) in [6, 6.07) is 1.34. The number of aromatic nitrogens is 2. The Morgan fingerprint density at radius 3 is 2.71 bits per heavy atom. The lowest BCUT2D eigenvalue weighted by Crippen LogP contribution is -2.32. The number of nitrogens with zero attached hydrogens (tertiary/aromatic N) is 1. The topological polar surface area (TPSA) is 84.1 Å². The average Bonchev–Trinajstić information content (AvgIpc) is 2.10. The van der Waals surface area contributed by atoms with Gasteiger partial charge in [0, 0.05) is 6.07 Å². The molecule has 0 saturated carbocycles. The standard InChI is InChI=1S/C11H17N3O3/c1-7-13-8(5-9(15)14-7)6-12-10(16)17-11(2,3)4/h5H,6H2,1-4H3,(H,12,16)(H,13,14,15). The fourth-order valence-electron chi connectivity index (χ4n) is 1.21. The third kappa shape index (κ3) is 5.14. The zero-order chi connectivity index (χ0) is 13.1. The van der Waals surface area contributed by atoms with Crippen LogP contribution in [0.5, 0.6) is 0 Å². The summed E-state index contributed by atoms with van der Waals surface area (Å²) in [6.45, 7) is 7.19. The van der Waals surface area contributed by atoms with Gasteiger partial charge in [-0.15, -0.1) is 0 Å². The summed E-state index contributed by atoms with van der Waals surface area (Å²) in [5, 5.41) is 2.53. The summed E-state index contributed by atoms with van der Waals surface area (Å²) in [6.07, 6.45) is -0.530. The van der Waals surface area contributed by atoms with E-state index < -0.39 is 11.7 Å². The van der Waals surface area contributed by atoms with Gasteiger partial charge in [-0.2, -0.15) is 0 Å². The van der Waals surface area contributed by atoms with Crippen LogP contribution in [0.25, 0.3) is 0 Å². The van der Waals surface area contributed by atoms with Crippen LogP contribution in [0, 0.1) is 6.92 Å². The molecule has 1 amide bonds. The van der Waals surface area contributed by atoms with Gasteiger partial charge in [0.2, 0.25) is 0 Å². The summed E-state index contributed by atoms with van der Waals surface area (Å²) >= 11 is 0. The Hall–Kier alpha value is -1.85. The second-order valence-electron chi connectivity index (χ2n) is 4.68. The molecule has 0 bridgehead atoms. The van der Waals surface area contributed by atoms with Crippen molar-refractivity contribution in [2.75, 3.05) is 0 Å². The van der Waals surface area contributed by atoms with Crippen LogP contribution in [-0.4, -0.2) is 21.7 Å². The van der Waals surface area contributed by atoms with Crippen molar-refractivity contribution in [1.82, 2.24) is 15.3 Å². The summed E-state index contributed by atoms with van der Waals surface area (Å²) in [5.74, 6) is 0.512. The number of nitrogens with one attached hydrogen (secondary N) is 2. The van der Waals surface area contributed by atoms with E-state index in [1.165, 1.54) is 6.07 Å². The van der Waals surface area contributed by atoms with Gasteiger partial charge in [-0.05, 0) is 27.7 Å². The third-order valence-corrected chi connectivity index (χ3v) is 1.73. The zero-order valence-electron chi connectivity index (χ0n) is 10.5. The van der Waals surface area contributed by atoms with Crippen molar-refractivity contribution in [2.45, 2.75) is 39.8 Å². The fourth-order valence-corrected chi connectivity index (χ4v) is 1.21. The van der Waals surface area contributed by atoms with Crippen molar-refractivity contribution in [3.05, 3.63) is 27.9 Å². The van der Waals surface area contributed by atoms with E-state index in [-0.39, 0.29) is 12.1 Å². The van der Waals surface area contributed by atoms with E-state index in [1.807, 2.05) is 0 Å². The van der Waals surface area contributed by atoms with E-state index >= 15 is 0 Å². The van der Waals surface area contributed by atoms with Crippen LogP contribution in [0.1, 0.15) is 32.3 Å². The summed E-state index contributed by atoms with van der Waals surface area (Å²) < 4.78 is 5.06. The number of hydrogen-bond donors (Lipinski definition) is 2. The highest BCUT2D eigenvalue weighted by Crippen LogP contribution is 2.06. The first-order chi connectivity index (χ1) is 7.76. The molecule has 0 atom stereocenters. The highest BCUT2D eigenvalue weighted by Gasteiger charge is 2.15. The number of amides is 1. The molecule has 0 fully saturated rings. The zero-order valence-corrected chi connectivity index (χ0v) is 10.5. The van der Waals surface area contributed by atoms with Crippen LogP contribution in [0.3, 0.4) is 0 Å². The normalized spacial score (nSPS) is 11.1. The number of H-pyrrole nitrogens is 1. The van der Waals surface area contributed by atoms with E-state index in [0.29, 0.717) is 11.5 Å². The number of alkyl carbamates (subject to hydrolysis) is 1. The molecule has 0 aromatic carbocycles. The summed E-state index contributed by atoms with van der Waals surface area (Å²) in [7, 11) is 0. The lowest BCUT2D eigenvalue weighted by atomic mass is 10.2. The van der Waals surface area contributed by atoms with Crippen LogP contribution in [0.15, 0.2) is 10.9 Å². The minimum absolute atomic E-state index is 0.166. The monoisotopic (exact) mass is 239 g/mol. The number of carbonyl (C=O) groups is 1. The first-order valence-corrected chi connectivity index (χ1v) is 5.30. The maximum absolute atomic E-state index is 11.4. The Balaban J connectivity index is 2.56. The van der Waals surface area contributed by atoms with E-state index in [9.17, 15) is 9.59 Å². The van der Waals surface area contributed by atoms with Gasteiger partial charge < -0.3 is 15.0 Å². The second-order valence-corrected chi connectivity index (χ2v) is 4.68. The molecular weight excluding hydrogens is 222 g/mol.